The van der Waals surface area contributed by atoms with Crippen molar-refractivity contribution in [3.8, 4) is 11.5 Å². The van der Waals surface area contributed by atoms with Gasteiger partial charge in [-0.05, 0) is 24.3 Å². The van der Waals surface area contributed by atoms with Gasteiger partial charge in [-0.2, -0.15) is 5.10 Å². The number of nitrogens with one attached hydrogen (secondary N) is 1. The molecule has 0 atom stereocenters. The minimum absolute atomic E-state index is 0.181. The Morgan fingerprint density at radius 1 is 1.19 bits per heavy atom. The van der Waals surface area contributed by atoms with Gasteiger partial charge in [0.1, 0.15) is 0 Å². The number of hydrogen-bond acceptors (Lipinski definition) is 4. The van der Waals surface area contributed by atoms with Crippen molar-refractivity contribution in [3.63, 3.8) is 0 Å². The summed E-state index contributed by atoms with van der Waals surface area (Å²) in [4.78, 5) is 12.0. The number of fused-ring (bicyclic) bond motifs is 1. The fourth-order valence-electron chi connectivity index (χ4n) is 1.84. The first-order valence-electron chi connectivity index (χ1n) is 6.21. The van der Waals surface area contributed by atoms with Crippen LogP contribution in [0.1, 0.15) is 15.9 Å². The molecule has 0 radical (unpaired) electrons. The molecule has 2 aromatic rings. The summed E-state index contributed by atoms with van der Waals surface area (Å²) in [6.07, 6.45) is 1.58. The van der Waals surface area contributed by atoms with Crippen LogP contribution in [0.15, 0.2) is 52.0 Å². The third-order valence-corrected chi connectivity index (χ3v) is 3.63. The van der Waals surface area contributed by atoms with E-state index in [4.69, 9.17) is 9.47 Å². The topological polar surface area (TPSA) is 59.9 Å². The molecule has 0 aliphatic carbocycles. The number of carbonyl (C=O) groups excluding carboxylic acids is 1. The third-order valence-electron chi connectivity index (χ3n) is 2.91. The van der Waals surface area contributed by atoms with E-state index in [9.17, 15) is 4.79 Å². The van der Waals surface area contributed by atoms with E-state index in [1.807, 2.05) is 24.3 Å². The first kappa shape index (κ1) is 13.6. The van der Waals surface area contributed by atoms with Crippen LogP contribution in [0, 0.1) is 0 Å². The van der Waals surface area contributed by atoms with E-state index in [2.05, 4.69) is 26.5 Å². The molecule has 0 saturated carbocycles. The minimum Gasteiger partial charge on any atom is -0.454 e. The number of hydrazone groups is 1. The summed E-state index contributed by atoms with van der Waals surface area (Å²) in [6.45, 7) is 0.181. The second-order valence-electron chi connectivity index (χ2n) is 4.29. The van der Waals surface area contributed by atoms with Gasteiger partial charge in [-0.1, -0.05) is 34.1 Å². The molecular formula is C15H11BrN2O3. The Morgan fingerprint density at radius 2 is 2.00 bits per heavy atom. The van der Waals surface area contributed by atoms with E-state index in [-0.39, 0.29) is 12.7 Å². The van der Waals surface area contributed by atoms with Gasteiger partial charge in [0.25, 0.3) is 5.91 Å². The van der Waals surface area contributed by atoms with Crippen LogP contribution in [-0.4, -0.2) is 18.9 Å². The number of hydrogen-bond donors (Lipinski definition) is 1. The van der Waals surface area contributed by atoms with Crippen LogP contribution in [0.25, 0.3) is 0 Å². The Labute approximate surface area is 129 Å². The normalized spacial score (nSPS) is 12.6. The Bertz CT molecular complexity index is 716. The van der Waals surface area contributed by atoms with Gasteiger partial charge in [0.05, 0.1) is 6.21 Å². The van der Waals surface area contributed by atoms with E-state index in [1.54, 1.807) is 24.4 Å². The first-order chi connectivity index (χ1) is 10.2. The van der Waals surface area contributed by atoms with E-state index in [0.717, 1.165) is 10.0 Å². The SMILES string of the molecule is O=C(NN=Cc1ccccc1Br)c1ccc2c(c1)OCO2. The van der Waals surface area contributed by atoms with Crippen LogP contribution in [0.4, 0.5) is 0 Å². The van der Waals surface area contributed by atoms with Crippen LogP contribution in [-0.2, 0) is 0 Å². The fraction of sp³-hybridized carbons (Fsp3) is 0.0667. The number of amides is 1. The predicted octanol–water partition coefficient (Wildman–Crippen LogP) is 2.94. The summed E-state index contributed by atoms with van der Waals surface area (Å²) in [5.41, 5.74) is 3.82. The van der Waals surface area contributed by atoms with Crippen molar-refractivity contribution in [1.29, 1.82) is 0 Å². The van der Waals surface area contributed by atoms with E-state index >= 15 is 0 Å². The molecule has 0 aromatic heterocycles. The van der Waals surface area contributed by atoms with E-state index in [0.29, 0.717) is 17.1 Å². The second kappa shape index (κ2) is 5.97. The molecule has 3 rings (SSSR count). The lowest BCUT2D eigenvalue weighted by atomic mass is 10.2. The molecule has 0 bridgehead atoms. The maximum Gasteiger partial charge on any atom is 0.271 e. The highest BCUT2D eigenvalue weighted by Crippen LogP contribution is 2.32. The molecule has 0 unspecified atom stereocenters. The molecule has 1 amide bonds. The third kappa shape index (κ3) is 3.05. The average molecular weight is 347 g/mol. The Morgan fingerprint density at radius 3 is 2.86 bits per heavy atom. The molecule has 5 nitrogen and oxygen atoms in total. The van der Waals surface area contributed by atoms with Crippen molar-refractivity contribution in [3.05, 3.63) is 58.1 Å². The highest BCUT2D eigenvalue weighted by molar-refractivity contribution is 9.10. The molecule has 0 fully saturated rings. The van der Waals surface area contributed by atoms with E-state index < -0.39 is 0 Å². The quantitative estimate of drug-likeness (QED) is 0.686. The summed E-state index contributed by atoms with van der Waals surface area (Å²) in [6, 6.07) is 12.6. The lowest BCUT2D eigenvalue weighted by Gasteiger charge is -2.02. The van der Waals surface area contributed by atoms with E-state index in [1.165, 1.54) is 0 Å². The van der Waals surface area contributed by atoms with Gasteiger partial charge in [-0.25, -0.2) is 5.43 Å². The monoisotopic (exact) mass is 346 g/mol. The van der Waals surface area contributed by atoms with Crippen LogP contribution >= 0.6 is 15.9 Å². The summed E-state index contributed by atoms with van der Waals surface area (Å²) in [5, 5.41) is 3.95. The first-order valence-corrected chi connectivity index (χ1v) is 7.01. The Balaban J connectivity index is 1.68. The molecular weight excluding hydrogens is 336 g/mol. The fourth-order valence-corrected chi connectivity index (χ4v) is 2.23. The lowest BCUT2D eigenvalue weighted by molar-refractivity contribution is 0.0954. The molecule has 1 heterocycles. The van der Waals surface area contributed by atoms with Crippen LogP contribution in [0.5, 0.6) is 11.5 Å². The second-order valence-corrected chi connectivity index (χ2v) is 5.14. The number of halogens is 1. The molecule has 6 heteroatoms. The maximum absolute atomic E-state index is 12.0. The standard InChI is InChI=1S/C15H11BrN2O3/c16-12-4-2-1-3-11(12)8-17-18-15(19)10-5-6-13-14(7-10)21-9-20-13/h1-8H,9H2,(H,18,19). The van der Waals surface area contributed by atoms with Crippen LogP contribution in [0.3, 0.4) is 0 Å². The van der Waals surface area contributed by atoms with Gasteiger partial charge in [0, 0.05) is 15.6 Å². The zero-order valence-electron chi connectivity index (χ0n) is 10.9. The van der Waals surface area contributed by atoms with Gasteiger partial charge >= 0.3 is 0 Å². The average Bonchev–Trinajstić information content (AvgIpc) is 2.96. The molecule has 0 spiro atoms. The smallest absolute Gasteiger partial charge is 0.271 e. The summed E-state index contributed by atoms with van der Waals surface area (Å²) in [5.74, 6) is 0.900. The van der Waals surface area contributed by atoms with Crippen LogP contribution in [0.2, 0.25) is 0 Å². The summed E-state index contributed by atoms with van der Waals surface area (Å²) >= 11 is 3.41. The van der Waals surface area contributed by atoms with Crippen molar-refractivity contribution in [2.24, 2.45) is 5.10 Å². The van der Waals surface area contributed by atoms with Crippen LogP contribution < -0.4 is 14.9 Å². The van der Waals surface area contributed by atoms with Gasteiger partial charge in [-0.3, -0.25) is 4.79 Å². The number of ether oxygens (including phenoxy) is 2. The van der Waals surface area contributed by atoms with Gasteiger partial charge < -0.3 is 9.47 Å². The highest BCUT2D eigenvalue weighted by Gasteiger charge is 2.15. The van der Waals surface area contributed by atoms with Crippen molar-refractivity contribution >= 4 is 28.1 Å². The Hall–Kier alpha value is -2.34. The molecule has 1 aliphatic heterocycles. The Kier molecular flexibility index (Phi) is 3.87. The van der Waals surface area contributed by atoms with Gasteiger partial charge in [-0.15, -0.1) is 0 Å². The molecule has 21 heavy (non-hydrogen) atoms. The lowest BCUT2D eigenvalue weighted by Crippen LogP contribution is -2.17. The van der Waals surface area contributed by atoms with Crippen molar-refractivity contribution in [2.75, 3.05) is 6.79 Å². The zero-order chi connectivity index (χ0) is 14.7. The largest absolute Gasteiger partial charge is 0.454 e. The molecule has 1 N–H and O–H groups in total. The molecule has 106 valence electrons. The van der Waals surface area contributed by atoms with Gasteiger partial charge in [0.15, 0.2) is 11.5 Å². The number of benzene rings is 2. The van der Waals surface area contributed by atoms with Gasteiger partial charge in [0.2, 0.25) is 6.79 Å². The summed E-state index contributed by atoms with van der Waals surface area (Å²) in [7, 11) is 0. The zero-order valence-corrected chi connectivity index (χ0v) is 12.5. The summed E-state index contributed by atoms with van der Waals surface area (Å²) < 4.78 is 11.3. The number of carbonyl (C=O) groups is 1. The van der Waals surface area contributed by atoms with Crippen molar-refractivity contribution in [1.82, 2.24) is 5.43 Å². The maximum atomic E-state index is 12.0. The predicted molar refractivity (Wildman–Crippen MR) is 81.8 cm³/mol. The molecule has 2 aromatic carbocycles. The minimum atomic E-state index is -0.309. The number of nitrogens with zero attached hydrogens (tertiary/aromatic N) is 1. The van der Waals surface area contributed by atoms with Crippen molar-refractivity contribution < 1.29 is 14.3 Å². The highest BCUT2D eigenvalue weighted by atomic mass is 79.9. The van der Waals surface area contributed by atoms with Crippen molar-refractivity contribution in [2.45, 2.75) is 0 Å². The number of rotatable bonds is 3. The molecule has 1 aliphatic rings. The molecule has 0 saturated heterocycles.